The number of amides is 2. The summed E-state index contributed by atoms with van der Waals surface area (Å²) >= 11 is 0. The lowest BCUT2D eigenvalue weighted by atomic mass is 10.1. The Balaban J connectivity index is 1.31. The van der Waals surface area contributed by atoms with E-state index in [1.54, 1.807) is 22.7 Å². The topological polar surface area (TPSA) is 95.9 Å². The number of hydrogen-bond acceptors (Lipinski definition) is 6. The molecular formula is C21H20N6O3. The van der Waals surface area contributed by atoms with E-state index in [2.05, 4.69) is 15.3 Å². The highest BCUT2D eigenvalue weighted by Gasteiger charge is 2.52. The lowest BCUT2D eigenvalue weighted by Gasteiger charge is -2.15. The maximum Gasteiger partial charge on any atom is 0.276 e. The van der Waals surface area contributed by atoms with Crippen LogP contribution in [-0.2, 0) is 16.1 Å². The molecule has 30 heavy (non-hydrogen) atoms. The van der Waals surface area contributed by atoms with Crippen LogP contribution in [0.5, 0.6) is 0 Å². The van der Waals surface area contributed by atoms with Gasteiger partial charge in [0.15, 0.2) is 24.0 Å². The fraction of sp³-hybridized carbons (Fsp3) is 0.238. The number of pyridine rings is 1. The third-order valence-electron chi connectivity index (χ3n) is 5.33. The first kappa shape index (κ1) is 18.3. The number of carbonyl (C=O) groups is 2. The summed E-state index contributed by atoms with van der Waals surface area (Å²) in [4.78, 5) is 37.5. The van der Waals surface area contributed by atoms with Crippen LogP contribution in [0, 0.1) is 0 Å². The minimum Gasteiger partial charge on any atom is -0.328 e. The van der Waals surface area contributed by atoms with Crippen LogP contribution in [0.4, 0.5) is 11.5 Å². The lowest BCUT2D eigenvalue weighted by molar-refractivity contribution is -0.116. The van der Waals surface area contributed by atoms with Gasteiger partial charge in [0.25, 0.3) is 5.91 Å². The molecule has 3 aromatic rings. The van der Waals surface area contributed by atoms with Crippen molar-refractivity contribution in [1.82, 2.24) is 19.4 Å². The zero-order valence-electron chi connectivity index (χ0n) is 16.5. The van der Waals surface area contributed by atoms with Crippen LogP contribution in [0.25, 0.3) is 11.3 Å². The summed E-state index contributed by atoms with van der Waals surface area (Å²) in [6.07, 6.45) is 2.77. The number of fused-ring (bicyclic) bond motifs is 2. The van der Waals surface area contributed by atoms with E-state index in [1.807, 2.05) is 54.4 Å². The number of epoxide rings is 1. The lowest BCUT2D eigenvalue weighted by Crippen LogP contribution is -2.32. The van der Waals surface area contributed by atoms with Crippen LogP contribution < -0.4 is 10.2 Å². The summed E-state index contributed by atoms with van der Waals surface area (Å²) in [5, 5.41) is 2.86. The monoisotopic (exact) mass is 404 g/mol. The average Bonchev–Trinajstić information content (AvgIpc) is 3.47. The van der Waals surface area contributed by atoms with Crippen molar-refractivity contribution in [2.24, 2.45) is 0 Å². The molecule has 1 aromatic carbocycles. The Morgan fingerprint density at radius 1 is 1.07 bits per heavy atom. The molecule has 2 amide bonds. The fourth-order valence-electron chi connectivity index (χ4n) is 3.65. The predicted octanol–water partition coefficient (Wildman–Crippen LogP) is 1.79. The average molecular weight is 404 g/mol. The Morgan fingerprint density at radius 2 is 1.83 bits per heavy atom. The summed E-state index contributed by atoms with van der Waals surface area (Å²) in [6.45, 7) is -0.0199. The van der Waals surface area contributed by atoms with Gasteiger partial charge >= 0.3 is 0 Å². The van der Waals surface area contributed by atoms with E-state index < -0.39 is 0 Å². The first-order valence-electron chi connectivity index (χ1n) is 9.55. The highest BCUT2D eigenvalue weighted by Crippen LogP contribution is 2.37. The first-order chi connectivity index (χ1) is 14.5. The molecule has 0 spiro atoms. The fourth-order valence-corrected chi connectivity index (χ4v) is 3.65. The van der Waals surface area contributed by atoms with Crippen molar-refractivity contribution >= 4 is 23.3 Å². The van der Waals surface area contributed by atoms with Gasteiger partial charge in [0.05, 0.1) is 12.0 Å². The molecule has 9 nitrogen and oxygen atoms in total. The van der Waals surface area contributed by atoms with Crippen molar-refractivity contribution in [2.45, 2.75) is 19.0 Å². The zero-order valence-corrected chi connectivity index (χ0v) is 16.5. The van der Waals surface area contributed by atoms with E-state index in [0.717, 1.165) is 11.3 Å². The molecule has 4 heterocycles. The Morgan fingerprint density at radius 3 is 2.57 bits per heavy atom. The van der Waals surface area contributed by atoms with Crippen molar-refractivity contribution in [3.63, 3.8) is 0 Å². The van der Waals surface area contributed by atoms with Crippen molar-refractivity contribution < 1.29 is 14.3 Å². The summed E-state index contributed by atoms with van der Waals surface area (Å²) in [5.41, 5.74) is 2.88. The number of aromatic nitrogens is 3. The van der Waals surface area contributed by atoms with Gasteiger partial charge in [-0.15, -0.1) is 0 Å². The number of benzene rings is 1. The van der Waals surface area contributed by atoms with Gasteiger partial charge in [0.1, 0.15) is 6.54 Å². The van der Waals surface area contributed by atoms with E-state index in [-0.39, 0.29) is 30.8 Å². The molecule has 0 radical (unpaired) electrons. The molecule has 1 fully saturated rings. The molecule has 0 bridgehead atoms. The Kier molecular flexibility index (Phi) is 4.25. The molecule has 2 aromatic heterocycles. The highest BCUT2D eigenvalue weighted by atomic mass is 16.6. The van der Waals surface area contributed by atoms with Crippen LogP contribution in [-0.4, -0.2) is 57.8 Å². The van der Waals surface area contributed by atoms with Crippen LogP contribution in [0.3, 0.4) is 0 Å². The Hall–Kier alpha value is -3.72. The third-order valence-corrected chi connectivity index (χ3v) is 5.33. The molecule has 5 rings (SSSR count). The highest BCUT2D eigenvalue weighted by molar-refractivity contribution is 5.99. The largest absolute Gasteiger partial charge is 0.328 e. The number of hydrogen-bond donors (Lipinski definition) is 1. The number of ether oxygens (including phenoxy) is 1. The van der Waals surface area contributed by atoms with Gasteiger partial charge in [0, 0.05) is 31.5 Å². The van der Waals surface area contributed by atoms with Gasteiger partial charge < -0.3 is 24.4 Å². The standard InChI is InChI=1S/C21H20N6O3/c1-25-18-17(19(29)26(2)21-20(25)30-21)27(12-23-18)11-16(28)24-14-8-6-13(7-9-14)15-5-3-4-10-22-15/h3-10,12,20-21H,11H2,1-2H3,(H,24,28). The molecule has 2 atom stereocenters. The predicted molar refractivity (Wildman–Crippen MR) is 110 cm³/mol. The van der Waals surface area contributed by atoms with Crippen LogP contribution in [0.15, 0.2) is 55.0 Å². The minimum atomic E-state index is -0.281. The third kappa shape index (κ3) is 3.09. The van der Waals surface area contributed by atoms with Crippen molar-refractivity contribution in [3.8, 4) is 11.3 Å². The van der Waals surface area contributed by atoms with Gasteiger partial charge in [-0.05, 0) is 24.3 Å². The van der Waals surface area contributed by atoms with Crippen molar-refractivity contribution in [2.75, 3.05) is 24.3 Å². The van der Waals surface area contributed by atoms with E-state index in [9.17, 15) is 9.59 Å². The second-order valence-corrected chi connectivity index (χ2v) is 7.33. The van der Waals surface area contributed by atoms with E-state index in [1.165, 1.54) is 6.33 Å². The molecular weight excluding hydrogens is 384 g/mol. The van der Waals surface area contributed by atoms with Crippen molar-refractivity contribution in [3.05, 3.63) is 60.7 Å². The number of nitrogens with one attached hydrogen (secondary N) is 1. The SMILES string of the molecule is CN1C(=O)c2c(ncn2CC(=O)Nc2ccc(-c3ccccn3)cc2)N(C)C2OC21. The molecule has 0 saturated carbocycles. The van der Waals surface area contributed by atoms with Crippen LogP contribution >= 0.6 is 0 Å². The summed E-state index contributed by atoms with van der Waals surface area (Å²) in [5.74, 6) is 0.0563. The van der Waals surface area contributed by atoms with Crippen LogP contribution in [0.2, 0.25) is 0 Å². The number of rotatable bonds is 4. The minimum absolute atomic E-state index is 0.0199. The molecule has 2 unspecified atom stereocenters. The number of likely N-dealkylation sites (N-methyl/N-ethyl adjacent to an activating group) is 2. The summed E-state index contributed by atoms with van der Waals surface area (Å²) in [6, 6.07) is 13.2. The molecule has 0 aliphatic carbocycles. The molecule has 1 saturated heterocycles. The normalized spacial score (nSPS) is 19.7. The molecule has 152 valence electrons. The maximum atomic E-state index is 12.8. The van der Waals surface area contributed by atoms with Gasteiger partial charge in [-0.3, -0.25) is 14.6 Å². The molecule has 1 N–H and O–H groups in total. The number of anilines is 2. The van der Waals surface area contributed by atoms with Crippen molar-refractivity contribution in [1.29, 1.82) is 0 Å². The first-order valence-corrected chi connectivity index (χ1v) is 9.55. The van der Waals surface area contributed by atoms with Gasteiger partial charge in [0.2, 0.25) is 5.91 Å². The van der Waals surface area contributed by atoms with Gasteiger partial charge in [-0.25, -0.2) is 4.98 Å². The molecule has 2 aliphatic rings. The molecule has 9 heteroatoms. The Labute approximate surface area is 172 Å². The van der Waals surface area contributed by atoms with E-state index in [4.69, 9.17) is 4.74 Å². The van der Waals surface area contributed by atoms with Gasteiger partial charge in [-0.2, -0.15) is 0 Å². The summed E-state index contributed by atoms with van der Waals surface area (Å²) in [7, 11) is 3.52. The Bertz CT molecular complexity index is 1110. The second kappa shape index (κ2) is 6.96. The number of nitrogens with zero attached hydrogens (tertiary/aromatic N) is 5. The maximum absolute atomic E-state index is 12.8. The zero-order chi connectivity index (χ0) is 20.8. The van der Waals surface area contributed by atoms with E-state index >= 15 is 0 Å². The second-order valence-electron chi connectivity index (χ2n) is 7.33. The summed E-state index contributed by atoms with van der Waals surface area (Å²) < 4.78 is 7.09. The molecule has 2 aliphatic heterocycles. The van der Waals surface area contributed by atoms with Crippen LogP contribution in [0.1, 0.15) is 10.5 Å². The number of carbonyl (C=O) groups excluding carboxylic acids is 2. The van der Waals surface area contributed by atoms with Gasteiger partial charge in [-0.1, -0.05) is 18.2 Å². The quantitative estimate of drug-likeness (QED) is 0.666. The number of imidazole rings is 1. The smallest absolute Gasteiger partial charge is 0.276 e. The van der Waals surface area contributed by atoms with E-state index in [0.29, 0.717) is 17.2 Å².